The van der Waals surface area contributed by atoms with Crippen LogP contribution >= 0.6 is 11.8 Å². The molecule has 0 aliphatic carbocycles. The quantitative estimate of drug-likeness (QED) is 0.584. The van der Waals surface area contributed by atoms with Gasteiger partial charge >= 0.3 is 0 Å². The van der Waals surface area contributed by atoms with Gasteiger partial charge in [-0.25, -0.2) is 8.42 Å². The van der Waals surface area contributed by atoms with Crippen molar-refractivity contribution in [2.45, 2.75) is 16.6 Å². The van der Waals surface area contributed by atoms with Crippen molar-refractivity contribution in [1.29, 1.82) is 0 Å². The van der Waals surface area contributed by atoms with E-state index in [1.807, 2.05) is 11.8 Å². The lowest BCUT2D eigenvalue weighted by Gasteiger charge is -2.15. The van der Waals surface area contributed by atoms with Crippen molar-refractivity contribution in [1.82, 2.24) is 4.90 Å². The van der Waals surface area contributed by atoms with Crippen LogP contribution in [-0.4, -0.2) is 55.1 Å². The molecule has 1 atom stereocenters. The fraction of sp³-hybridized carbons (Fsp3) is 0.538. The number of likely N-dealkylation sites (tertiary alicyclic amines) is 1. The monoisotopic (exact) mass is 330 g/mol. The maximum Gasteiger partial charge on any atom is 0.269 e. The van der Waals surface area contributed by atoms with Gasteiger partial charge in [-0.2, -0.15) is 11.8 Å². The SMILES string of the molecule is CSC1CCN(CCS(=O)(=O)c2ccc([N+](=O)[O-])cc2)C1. The third-order valence-electron chi connectivity index (χ3n) is 3.65. The molecule has 21 heavy (non-hydrogen) atoms. The number of non-ortho nitro benzene ring substituents is 1. The minimum Gasteiger partial charge on any atom is -0.301 e. The Morgan fingerprint density at radius 3 is 2.57 bits per heavy atom. The van der Waals surface area contributed by atoms with Crippen LogP contribution in [0.3, 0.4) is 0 Å². The zero-order chi connectivity index (χ0) is 15.5. The topological polar surface area (TPSA) is 80.5 Å². The van der Waals surface area contributed by atoms with Crippen LogP contribution in [0.15, 0.2) is 29.2 Å². The molecule has 0 saturated carbocycles. The molecular weight excluding hydrogens is 312 g/mol. The highest BCUT2D eigenvalue weighted by molar-refractivity contribution is 7.99. The van der Waals surface area contributed by atoms with Crippen molar-refractivity contribution in [3.8, 4) is 0 Å². The maximum atomic E-state index is 12.2. The van der Waals surface area contributed by atoms with Crippen LogP contribution in [0.4, 0.5) is 5.69 Å². The molecule has 1 aliphatic heterocycles. The van der Waals surface area contributed by atoms with E-state index in [1.165, 1.54) is 24.3 Å². The maximum absolute atomic E-state index is 12.2. The van der Waals surface area contributed by atoms with E-state index >= 15 is 0 Å². The van der Waals surface area contributed by atoms with Crippen LogP contribution in [0.25, 0.3) is 0 Å². The summed E-state index contributed by atoms with van der Waals surface area (Å²) in [4.78, 5) is 12.3. The number of hydrogen-bond donors (Lipinski definition) is 0. The highest BCUT2D eigenvalue weighted by Gasteiger charge is 2.24. The molecule has 1 saturated heterocycles. The van der Waals surface area contributed by atoms with Gasteiger partial charge in [0.25, 0.3) is 5.69 Å². The Labute approximate surface area is 128 Å². The molecule has 0 amide bonds. The number of nitro groups is 1. The molecule has 0 aromatic heterocycles. The van der Waals surface area contributed by atoms with E-state index in [0.717, 1.165) is 19.5 Å². The summed E-state index contributed by atoms with van der Waals surface area (Å²) < 4.78 is 24.4. The van der Waals surface area contributed by atoms with E-state index in [1.54, 1.807) is 0 Å². The van der Waals surface area contributed by atoms with E-state index in [9.17, 15) is 18.5 Å². The Bertz CT molecular complexity index is 601. The van der Waals surface area contributed by atoms with Gasteiger partial charge in [-0.1, -0.05) is 0 Å². The second-order valence-corrected chi connectivity index (χ2v) is 8.26. The van der Waals surface area contributed by atoms with E-state index in [4.69, 9.17) is 0 Å². The highest BCUT2D eigenvalue weighted by Crippen LogP contribution is 2.21. The van der Waals surface area contributed by atoms with Crippen molar-refractivity contribution < 1.29 is 13.3 Å². The third-order valence-corrected chi connectivity index (χ3v) is 6.41. The summed E-state index contributed by atoms with van der Waals surface area (Å²) in [7, 11) is -3.39. The van der Waals surface area contributed by atoms with Crippen LogP contribution in [0.1, 0.15) is 6.42 Å². The number of sulfone groups is 1. The fourth-order valence-electron chi connectivity index (χ4n) is 2.33. The number of nitro benzene ring substituents is 1. The Hall–Kier alpha value is -1.12. The first-order valence-corrected chi connectivity index (χ1v) is 9.59. The second kappa shape index (κ2) is 6.76. The Kier molecular flexibility index (Phi) is 5.23. The molecule has 1 fully saturated rings. The van der Waals surface area contributed by atoms with E-state index in [-0.39, 0.29) is 16.3 Å². The van der Waals surface area contributed by atoms with Crippen molar-refractivity contribution >= 4 is 27.3 Å². The summed E-state index contributed by atoms with van der Waals surface area (Å²) in [5.41, 5.74) is -0.101. The first-order valence-electron chi connectivity index (χ1n) is 6.65. The lowest BCUT2D eigenvalue weighted by atomic mass is 10.3. The van der Waals surface area contributed by atoms with Gasteiger partial charge in [0.1, 0.15) is 0 Å². The predicted octanol–water partition coefficient (Wildman–Crippen LogP) is 1.81. The van der Waals surface area contributed by atoms with Gasteiger partial charge in [0.05, 0.1) is 15.6 Å². The smallest absolute Gasteiger partial charge is 0.269 e. The molecule has 0 bridgehead atoms. The van der Waals surface area contributed by atoms with Crippen LogP contribution in [0.2, 0.25) is 0 Å². The zero-order valence-electron chi connectivity index (χ0n) is 11.8. The molecule has 0 radical (unpaired) electrons. The van der Waals surface area contributed by atoms with E-state index < -0.39 is 14.8 Å². The summed E-state index contributed by atoms with van der Waals surface area (Å²) in [6.45, 7) is 2.37. The van der Waals surface area contributed by atoms with Crippen LogP contribution in [0, 0.1) is 10.1 Å². The number of nitrogens with zero attached hydrogens (tertiary/aromatic N) is 2. The van der Waals surface area contributed by atoms with Gasteiger partial charge in [0.2, 0.25) is 0 Å². The first kappa shape index (κ1) is 16.3. The van der Waals surface area contributed by atoms with Crippen LogP contribution < -0.4 is 0 Å². The molecule has 1 aromatic carbocycles. The van der Waals surface area contributed by atoms with Crippen molar-refractivity contribution in [3.05, 3.63) is 34.4 Å². The van der Waals surface area contributed by atoms with E-state index in [0.29, 0.717) is 11.8 Å². The summed E-state index contributed by atoms with van der Waals surface area (Å²) in [6, 6.07) is 5.07. The van der Waals surface area contributed by atoms with Crippen LogP contribution in [-0.2, 0) is 9.84 Å². The van der Waals surface area contributed by atoms with Gasteiger partial charge in [-0.3, -0.25) is 10.1 Å². The summed E-state index contributed by atoms with van der Waals surface area (Å²) >= 11 is 1.82. The van der Waals surface area contributed by atoms with Crippen molar-refractivity contribution in [2.24, 2.45) is 0 Å². The molecule has 6 nitrogen and oxygen atoms in total. The number of rotatable bonds is 6. The minimum absolute atomic E-state index is 0.0475. The average Bonchev–Trinajstić information content (AvgIpc) is 2.93. The normalized spacial score (nSPS) is 19.8. The molecule has 8 heteroatoms. The zero-order valence-corrected chi connectivity index (χ0v) is 13.4. The van der Waals surface area contributed by atoms with Crippen molar-refractivity contribution in [3.63, 3.8) is 0 Å². The summed E-state index contributed by atoms with van der Waals surface area (Å²) in [6.07, 6.45) is 3.17. The Morgan fingerprint density at radius 2 is 2.05 bits per heavy atom. The molecule has 1 heterocycles. The van der Waals surface area contributed by atoms with Gasteiger partial charge in [-0.05, 0) is 31.4 Å². The van der Waals surface area contributed by atoms with Gasteiger partial charge < -0.3 is 4.90 Å². The molecular formula is C13H18N2O4S2. The molecule has 0 N–H and O–H groups in total. The number of benzene rings is 1. The number of thioether (sulfide) groups is 1. The Balaban J connectivity index is 1.97. The molecule has 1 aromatic rings. The second-order valence-electron chi connectivity index (χ2n) is 5.02. The number of hydrogen-bond acceptors (Lipinski definition) is 6. The third kappa shape index (κ3) is 4.18. The largest absolute Gasteiger partial charge is 0.301 e. The standard InChI is InChI=1S/C13H18N2O4S2/c1-20-12-6-7-14(10-12)8-9-21(18,19)13-4-2-11(3-5-13)15(16)17/h2-5,12H,6-10H2,1H3. The summed E-state index contributed by atoms with van der Waals surface area (Å²) in [5, 5.41) is 11.2. The van der Waals surface area contributed by atoms with Gasteiger partial charge in [0.15, 0.2) is 9.84 Å². The fourth-order valence-corrected chi connectivity index (χ4v) is 4.32. The molecule has 116 valence electrons. The highest BCUT2D eigenvalue weighted by atomic mass is 32.2. The summed E-state index contributed by atoms with van der Waals surface area (Å²) in [5.74, 6) is 0.0475. The lowest BCUT2D eigenvalue weighted by molar-refractivity contribution is -0.384. The first-order chi connectivity index (χ1) is 9.92. The van der Waals surface area contributed by atoms with Crippen molar-refractivity contribution in [2.75, 3.05) is 31.6 Å². The molecule has 2 rings (SSSR count). The lowest BCUT2D eigenvalue weighted by Crippen LogP contribution is -2.27. The molecule has 1 unspecified atom stereocenters. The van der Waals surface area contributed by atoms with Gasteiger partial charge in [0, 0.05) is 30.5 Å². The molecule has 1 aliphatic rings. The van der Waals surface area contributed by atoms with Gasteiger partial charge in [-0.15, -0.1) is 0 Å². The average molecular weight is 330 g/mol. The van der Waals surface area contributed by atoms with Crippen LogP contribution in [0.5, 0.6) is 0 Å². The minimum atomic E-state index is -3.39. The predicted molar refractivity (Wildman–Crippen MR) is 83.5 cm³/mol. The molecule has 0 spiro atoms. The Morgan fingerprint density at radius 1 is 1.38 bits per heavy atom. The van der Waals surface area contributed by atoms with E-state index in [2.05, 4.69) is 11.2 Å².